The fourth-order valence-corrected chi connectivity index (χ4v) is 3.76. The number of amides is 1. The van der Waals surface area contributed by atoms with E-state index < -0.39 is 17.7 Å². The van der Waals surface area contributed by atoms with Crippen molar-refractivity contribution < 1.29 is 28.9 Å². The maximum atomic E-state index is 13.0. The predicted octanol–water partition coefficient (Wildman–Crippen LogP) is 3.94. The average Bonchev–Trinajstić information content (AvgIpc) is 3.07. The number of carbonyl (C=O) groups is 2. The van der Waals surface area contributed by atoms with Crippen LogP contribution in [0.2, 0.25) is 0 Å². The molecule has 0 spiro atoms. The second-order valence-corrected chi connectivity index (χ2v) is 7.27. The maximum Gasteiger partial charge on any atom is 0.295 e. The Kier molecular flexibility index (Phi) is 7.89. The number of hydrogen-bond donors (Lipinski definition) is 1. The molecule has 1 aliphatic rings. The summed E-state index contributed by atoms with van der Waals surface area (Å²) >= 11 is 0. The van der Waals surface area contributed by atoms with E-state index in [1.807, 2.05) is 26.0 Å². The second kappa shape index (κ2) is 10.8. The molecule has 7 nitrogen and oxygen atoms in total. The van der Waals surface area contributed by atoms with E-state index >= 15 is 0 Å². The number of nitrogens with zero attached hydrogens (tertiary/aromatic N) is 1. The molecule has 0 aromatic heterocycles. The van der Waals surface area contributed by atoms with Crippen LogP contribution < -0.4 is 9.47 Å². The Balaban J connectivity index is 2.03. The number of rotatable bonds is 10. The zero-order valence-electron chi connectivity index (χ0n) is 18.7. The molecule has 0 saturated carbocycles. The summed E-state index contributed by atoms with van der Waals surface area (Å²) in [5.41, 5.74) is 1.23. The van der Waals surface area contributed by atoms with Crippen LogP contribution >= 0.6 is 0 Å². The molecule has 3 rings (SSSR count). The first-order valence-corrected chi connectivity index (χ1v) is 10.7. The summed E-state index contributed by atoms with van der Waals surface area (Å²) in [5, 5.41) is 11.1. The number of aliphatic hydroxyl groups is 1. The summed E-state index contributed by atoms with van der Waals surface area (Å²) in [6.45, 7) is 5.73. The largest absolute Gasteiger partial charge is 0.507 e. The molecule has 1 aliphatic heterocycles. The highest BCUT2D eigenvalue weighted by atomic mass is 16.5. The lowest BCUT2D eigenvalue weighted by Gasteiger charge is -2.25. The van der Waals surface area contributed by atoms with Crippen LogP contribution in [0.15, 0.2) is 54.1 Å². The molecule has 1 amide bonds. The van der Waals surface area contributed by atoms with Gasteiger partial charge in [0.25, 0.3) is 11.7 Å². The Hall–Kier alpha value is -3.32. The highest BCUT2D eigenvalue weighted by Gasteiger charge is 2.45. The summed E-state index contributed by atoms with van der Waals surface area (Å²) in [6.07, 6.45) is 0.580. The van der Waals surface area contributed by atoms with Gasteiger partial charge in [-0.2, -0.15) is 0 Å². The number of benzene rings is 2. The quantitative estimate of drug-likeness (QED) is 0.261. The maximum absolute atomic E-state index is 13.0. The van der Waals surface area contributed by atoms with Crippen LogP contribution in [0.5, 0.6) is 11.5 Å². The van der Waals surface area contributed by atoms with Crippen molar-refractivity contribution in [3.05, 3.63) is 65.2 Å². The fourth-order valence-electron chi connectivity index (χ4n) is 3.76. The highest BCUT2D eigenvalue weighted by Crippen LogP contribution is 2.40. The van der Waals surface area contributed by atoms with Gasteiger partial charge in [0.2, 0.25) is 0 Å². The van der Waals surface area contributed by atoms with Gasteiger partial charge >= 0.3 is 0 Å². The van der Waals surface area contributed by atoms with E-state index in [0.717, 1.165) is 5.56 Å². The van der Waals surface area contributed by atoms with Gasteiger partial charge in [-0.1, -0.05) is 12.1 Å². The van der Waals surface area contributed by atoms with E-state index in [0.29, 0.717) is 49.8 Å². The normalized spacial score (nSPS) is 17.6. The third-order valence-electron chi connectivity index (χ3n) is 5.30. The molecule has 1 unspecified atom stereocenters. The molecule has 1 saturated heterocycles. The minimum absolute atomic E-state index is 0.0701. The Morgan fingerprint density at radius 2 is 1.62 bits per heavy atom. The smallest absolute Gasteiger partial charge is 0.295 e. The minimum Gasteiger partial charge on any atom is -0.507 e. The molecule has 2 aromatic rings. The summed E-state index contributed by atoms with van der Waals surface area (Å²) < 4.78 is 16.1. The summed E-state index contributed by atoms with van der Waals surface area (Å²) in [5.74, 6) is -0.220. The zero-order valence-corrected chi connectivity index (χ0v) is 18.7. The Morgan fingerprint density at radius 3 is 2.22 bits per heavy atom. The van der Waals surface area contributed by atoms with Crippen molar-refractivity contribution in [2.45, 2.75) is 26.3 Å². The van der Waals surface area contributed by atoms with Crippen molar-refractivity contribution in [2.75, 3.05) is 33.5 Å². The van der Waals surface area contributed by atoms with Crippen LogP contribution in [0.3, 0.4) is 0 Å². The predicted molar refractivity (Wildman–Crippen MR) is 121 cm³/mol. The van der Waals surface area contributed by atoms with E-state index in [-0.39, 0.29) is 11.3 Å². The Bertz CT molecular complexity index is 965. The van der Waals surface area contributed by atoms with E-state index in [9.17, 15) is 14.7 Å². The van der Waals surface area contributed by atoms with Crippen molar-refractivity contribution in [1.29, 1.82) is 0 Å². The van der Waals surface area contributed by atoms with E-state index in [1.165, 1.54) is 4.90 Å². The number of carbonyl (C=O) groups excluding carboxylic acids is 2. The molecular formula is C25H29NO6. The molecule has 0 aliphatic carbocycles. The van der Waals surface area contributed by atoms with E-state index in [2.05, 4.69) is 0 Å². The van der Waals surface area contributed by atoms with Crippen molar-refractivity contribution in [3.8, 4) is 11.5 Å². The molecule has 1 N–H and O–H groups in total. The number of likely N-dealkylation sites (tertiary alicyclic amines) is 1. The molecule has 0 radical (unpaired) electrons. The zero-order chi connectivity index (χ0) is 23.1. The first-order chi connectivity index (χ1) is 15.5. The van der Waals surface area contributed by atoms with Gasteiger partial charge in [-0.05, 0) is 62.2 Å². The van der Waals surface area contributed by atoms with Crippen LogP contribution in [0, 0.1) is 0 Å². The van der Waals surface area contributed by atoms with Gasteiger partial charge in [-0.25, -0.2) is 0 Å². The number of hydrogen-bond acceptors (Lipinski definition) is 6. The van der Waals surface area contributed by atoms with E-state index in [1.54, 1.807) is 43.5 Å². The number of aliphatic hydroxyl groups excluding tert-OH is 1. The number of methoxy groups -OCH3 is 1. The van der Waals surface area contributed by atoms with Crippen LogP contribution in [-0.4, -0.2) is 55.2 Å². The number of ketones is 1. The molecule has 2 aromatic carbocycles. The molecule has 0 bridgehead atoms. The van der Waals surface area contributed by atoms with Crippen LogP contribution in [0.4, 0.5) is 0 Å². The summed E-state index contributed by atoms with van der Waals surface area (Å²) in [4.78, 5) is 27.4. The third-order valence-corrected chi connectivity index (χ3v) is 5.30. The number of ether oxygens (including phenoxy) is 3. The lowest BCUT2D eigenvalue weighted by atomic mass is 9.95. The first kappa shape index (κ1) is 23.3. The van der Waals surface area contributed by atoms with Crippen molar-refractivity contribution in [2.24, 2.45) is 0 Å². The average molecular weight is 440 g/mol. The third kappa shape index (κ3) is 4.94. The second-order valence-electron chi connectivity index (χ2n) is 7.27. The molecule has 7 heteroatoms. The molecular weight excluding hydrogens is 410 g/mol. The lowest BCUT2D eigenvalue weighted by Crippen LogP contribution is -2.31. The highest BCUT2D eigenvalue weighted by molar-refractivity contribution is 6.46. The standard InChI is InChI=1S/C25H29NO6/c1-4-31-16-6-15-26-22(17-7-13-20(14-8-17)32-5-2)21(24(28)25(26)29)23(27)18-9-11-19(30-3)12-10-18/h7-14,22,27H,4-6,15-16H2,1-3H3. The summed E-state index contributed by atoms with van der Waals surface area (Å²) in [6, 6.07) is 13.2. The summed E-state index contributed by atoms with van der Waals surface area (Å²) in [7, 11) is 1.55. The first-order valence-electron chi connectivity index (χ1n) is 10.7. The lowest BCUT2D eigenvalue weighted by molar-refractivity contribution is -0.140. The van der Waals surface area contributed by atoms with Gasteiger partial charge in [0.15, 0.2) is 0 Å². The van der Waals surface area contributed by atoms with Gasteiger partial charge in [0, 0.05) is 25.3 Å². The Labute approximate surface area is 188 Å². The van der Waals surface area contributed by atoms with Crippen molar-refractivity contribution >= 4 is 17.4 Å². The van der Waals surface area contributed by atoms with Crippen LogP contribution in [-0.2, 0) is 14.3 Å². The minimum atomic E-state index is -0.700. The van der Waals surface area contributed by atoms with Gasteiger partial charge in [0.1, 0.15) is 17.3 Å². The number of Topliss-reactive ketones (excluding diaryl/α,β-unsaturated/α-hetero) is 1. The SMILES string of the molecule is CCOCCCN1C(=O)C(=O)C(=C(O)c2ccc(OC)cc2)C1c1ccc(OCC)cc1. The fraction of sp³-hybridized carbons (Fsp3) is 0.360. The van der Waals surface area contributed by atoms with Crippen molar-refractivity contribution in [1.82, 2.24) is 4.90 Å². The van der Waals surface area contributed by atoms with Crippen LogP contribution in [0.1, 0.15) is 37.4 Å². The van der Waals surface area contributed by atoms with Gasteiger partial charge in [-0.15, -0.1) is 0 Å². The monoisotopic (exact) mass is 439 g/mol. The van der Waals surface area contributed by atoms with E-state index in [4.69, 9.17) is 14.2 Å². The molecule has 32 heavy (non-hydrogen) atoms. The molecule has 1 atom stereocenters. The van der Waals surface area contributed by atoms with Gasteiger partial charge in [0.05, 0.1) is 25.3 Å². The van der Waals surface area contributed by atoms with Crippen molar-refractivity contribution in [3.63, 3.8) is 0 Å². The van der Waals surface area contributed by atoms with Gasteiger partial charge < -0.3 is 24.2 Å². The van der Waals surface area contributed by atoms with Gasteiger partial charge in [-0.3, -0.25) is 9.59 Å². The molecule has 1 fully saturated rings. The topological polar surface area (TPSA) is 85.3 Å². The molecule has 170 valence electrons. The molecule has 1 heterocycles. The Morgan fingerprint density at radius 1 is 0.969 bits per heavy atom. The van der Waals surface area contributed by atoms with Crippen LogP contribution in [0.25, 0.3) is 5.76 Å².